The SMILES string of the molecule is C=C=C(C)OC(=O)CCC(=N)OOCCOC(=O)C(C)(C)CC(CC(CC)C(=O)OCC=C)C(=O)NC(C)(C)CS(=O)(=O)O. The van der Waals surface area contributed by atoms with E-state index in [1.54, 1.807) is 20.8 Å². The Kier molecular flexibility index (Phi) is 17.5. The third-order valence-electron chi connectivity index (χ3n) is 6.05. The Balaban J connectivity index is 5.29. The maximum absolute atomic E-state index is 13.4. The lowest BCUT2D eigenvalue weighted by Gasteiger charge is -2.32. The van der Waals surface area contributed by atoms with Crippen LogP contribution in [0, 0.1) is 22.7 Å². The van der Waals surface area contributed by atoms with Crippen molar-refractivity contribution in [1.29, 1.82) is 5.41 Å². The van der Waals surface area contributed by atoms with Crippen molar-refractivity contribution in [3.05, 3.63) is 30.7 Å². The highest BCUT2D eigenvalue weighted by molar-refractivity contribution is 7.85. The lowest BCUT2D eigenvalue weighted by molar-refractivity contribution is -0.232. The molecule has 0 aromatic heterocycles. The molecule has 0 aliphatic carbocycles. The Morgan fingerprint density at radius 2 is 1.70 bits per heavy atom. The summed E-state index contributed by atoms with van der Waals surface area (Å²) in [6, 6.07) is 0. The molecule has 0 aliphatic heterocycles. The molecule has 0 bridgehead atoms. The molecule has 1 amide bonds. The predicted octanol–water partition coefficient (Wildman–Crippen LogP) is 3.43. The van der Waals surface area contributed by atoms with E-state index in [1.807, 2.05) is 0 Å². The summed E-state index contributed by atoms with van der Waals surface area (Å²) in [5.41, 5.74) is -0.193. The normalized spacial score (nSPS) is 13.0. The van der Waals surface area contributed by atoms with Crippen molar-refractivity contribution >= 4 is 39.8 Å². The smallest absolute Gasteiger partial charge is 0.311 e. The quantitative estimate of drug-likeness (QED) is 0.0140. The number of hydrogen-bond acceptors (Lipinski definition) is 12. The van der Waals surface area contributed by atoms with Crippen LogP contribution in [-0.2, 0) is 53.3 Å². The van der Waals surface area contributed by atoms with Gasteiger partial charge in [-0.25, -0.2) is 0 Å². The molecule has 250 valence electrons. The molecule has 0 aromatic rings. The van der Waals surface area contributed by atoms with Gasteiger partial charge < -0.3 is 24.4 Å². The van der Waals surface area contributed by atoms with Crippen LogP contribution in [-0.4, -0.2) is 73.8 Å². The topological polar surface area (TPSA) is 205 Å². The molecule has 2 atom stereocenters. The van der Waals surface area contributed by atoms with Crippen LogP contribution in [0.1, 0.15) is 73.6 Å². The van der Waals surface area contributed by atoms with Crippen molar-refractivity contribution in [3.63, 3.8) is 0 Å². The van der Waals surface area contributed by atoms with Crippen LogP contribution in [0.15, 0.2) is 30.7 Å². The Hall–Kier alpha value is -3.52. The second kappa shape index (κ2) is 19.0. The minimum atomic E-state index is -4.42. The summed E-state index contributed by atoms with van der Waals surface area (Å²) >= 11 is 0. The summed E-state index contributed by atoms with van der Waals surface area (Å²) in [6.07, 6.45) is 1.41. The number of carbonyl (C=O) groups excluding carboxylic acids is 4. The minimum absolute atomic E-state index is 0.00692. The Labute approximate surface area is 259 Å². The van der Waals surface area contributed by atoms with Crippen molar-refractivity contribution in [1.82, 2.24) is 5.32 Å². The van der Waals surface area contributed by atoms with E-state index in [-0.39, 0.29) is 57.2 Å². The minimum Gasteiger partial charge on any atom is -0.463 e. The number of nitrogens with one attached hydrogen (secondary N) is 2. The molecule has 0 aromatic carbocycles. The lowest BCUT2D eigenvalue weighted by atomic mass is 9.78. The Morgan fingerprint density at radius 1 is 1.07 bits per heavy atom. The number of ether oxygens (including phenoxy) is 3. The number of amides is 1. The summed E-state index contributed by atoms with van der Waals surface area (Å²) in [5, 5.41) is 10.3. The van der Waals surface area contributed by atoms with Crippen molar-refractivity contribution in [2.45, 2.75) is 79.2 Å². The fourth-order valence-corrected chi connectivity index (χ4v) is 4.92. The molecule has 0 saturated heterocycles. The molecule has 0 radical (unpaired) electrons. The second-order valence-corrected chi connectivity index (χ2v) is 12.8. The van der Waals surface area contributed by atoms with Crippen LogP contribution < -0.4 is 5.32 Å². The van der Waals surface area contributed by atoms with Crippen molar-refractivity contribution in [3.8, 4) is 0 Å². The largest absolute Gasteiger partial charge is 0.463 e. The van der Waals surface area contributed by atoms with Crippen LogP contribution >= 0.6 is 0 Å². The van der Waals surface area contributed by atoms with Crippen LogP contribution in [0.4, 0.5) is 0 Å². The summed E-state index contributed by atoms with van der Waals surface area (Å²) in [6.45, 7) is 15.5. The summed E-state index contributed by atoms with van der Waals surface area (Å²) in [5.74, 6) is -5.01. The third kappa shape index (κ3) is 17.6. The highest BCUT2D eigenvalue weighted by Gasteiger charge is 2.39. The third-order valence-corrected chi connectivity index (χ3v) is 7.14. The second-order valence-electron chi connectivity index (χ2n) is 11.3. The average molecular weight is 647 g/mol. The van der Waals surface area contributed by atoms with Gasteiger partial charge in [0.1, 0.15) is 25.6 Å². The maximum Gasteiger partial charge on any atom is 0.311 e. The fourth-order valence-electron chi connectivity index (χ4n) is 3.93. The zero-order valence-corrected chi connectivity index (χ0v) is 27.2. The zero-order chi connectivity index (χ0) is 34.1. The van der Waals surface area contributed by atoms with Gasteiger partial charge in [-0.1, -0.05) is 31.9 Å². The standard InChI is InChI=1S/C29H46N2O12S/c1-9-14-39-26(34)21(11-3)17-22(25(33)31-29(7,8)19-44(36,37)38)18-28(5,6)27(35)40-15-16-41-43-23(30)12-13-24(32)42-20(4)10-2/h9,21-22,30H,1-2,11-19H2,3-8H3,(H,31,33)(H,36,37,38). The monoisotopic (exact) mass is 646 g/mol. The van der Waals surface area contributed by atoms with Crippen LogP contribution in [0.25, 0.3) is 0 Å². The average Bonchev–Trinajstić information content (AvgIpc) is 2.90. The highest BCUT2D eigenvalue weighted by Crippen LogP contribution is 2.32. The number of allylic oxidation sites excluding steroid dienone is 1. The van der Waals surface area contributed by atoms with Gasteiger partial charge in [0.15, 0.2) is 0 Å². The number of esters is 3. The highest BCUT2D eigenvalue weighted by atomic mass is 32.2. The van der Waals surface area contributed by atoms with E-state index in [0.717, 1.165) is 0 Å². The first-order valence-electron chi connectivity index (χ1n) is 13.9. The van der Waals surface area contributed by atoms with Crippen molar-refractivity contribution in [2.75, 3.05) is 25.6 Å². The first-order chi connectivity index (χ1) is 20.3. The van der Waals surface area contributed by atoms with Gasteiger partial charge in [-0.3, -0.25) is 29.1 Å². The lowest BCUT2D eigenvalue weighted by Crippen LogP contribution is -2.51. The molecule has 0 saturated carbocycles. The van der Waals surface area contributed by atoms with E-state index < -0.39 is 62.5 Å². The molecule has 2 unspecified atom stereocenters. The van der Waals surface area contributed by atoms with Gasteiger partial charge >= 0.3 is 17.9 Å². The van der Waals surface area contributed by atoms with E-state index in [0.29, 0.717) is 6.42 Å². The molecular formula is C29H46N2O12S. The van der Waals surface area contributed by atoms with Crippen LogP contribution in [0.2, 0.25) is 0 Å². The zero-order valence-electron chi connectivity index (χ0n) is 26.4. The molecule has 0 spiro atoms. The Bertz CT molecular complexity index is 1190. The van der Waals surface area contributed by atoms with Gasteiger partial charge in [-0.05, 0) is 47.0 Å². The number of carbonyl (C=O) groups is 4. The van der Waals surface area contributed by atoms with Gasteiger partial charge in [0.05, 0.1) is 29.0 Å². The number of rotatable bonds is 21. The van der Waals surface area contributed by atoms with Gasteiger partial charge in [-0.2, -0.15) is 13.3 Å². The maximum atomic E-state index is 13.4. The van der Waals surface area contributed by atoms with Crippen LogP contribution in [0.3, 0.4) is 0 Å². The van der Waals surface area contributed by atoms with E-state index >= 15 is 0 Å². The molecule has 0 aliphatic rings. The Morgan fingerprint density at radius 3 is 2.25 bits per heavy atom. The van der Waals surface area contributed by atoms with E-state index in [2.05, 4.69) is 24.2 Å². The first kappa shape index (κ1) is 40.5. The summed E-state index contributed by atoms with van der Waals surface area (Å²) < 4.78 is 47.4. The molecule has 44 heavy (non-hydrogen) atoms. The van der Waals surface area contributed by atoms with Gasteiger partial charge in [0.25, 0.3) is 10.1 Å². The van der Waals surface area contributed by atoms with Gasteiger partial charge in [0.2, 0.25) is 11.8 Å². The van der Waals surface area contributed by atoms with E-state index in [1.165, 1.54) is 26.8 Å². The molecule has 14 nitrogen and oxygen atoms in total. The predicted molar refractivity (Wildman–Crippen MR) is 159 cm³/mol. The van der Waals surface area contributed by atoms with Gasteiger partial charge in [0, 0.05) is 19.3 Å². The first-order valence-corrected chi connectivity index (χ1v) is 15.5. The van der Waals surface area contributed by atoms with E-state index in [4.69, 9.17) is 29.4 Å². The summed E-state index contributed by atoms with van der Waals surface area (Å²) in [7, 11) is -4.42. The molecule has 0 heterocycles. The van der Waals surface area contributed by atoms with Crippen LogP contribution in [0.5, 0.6) is 0 Å². The molecule has 3 N–H and O–H groups in total. The summed E-state index contributed by atoms with van der Waals surface area (Å²) in [4.78, 5) is 60.1. The van der Waals surface area contributed by atoms with E-state index in [9.17, 15) is 32.1 Å². The molecular weight excluding hydrogens is 600 g/mol. The van der Waals surface area contributed by atoms with Crippen molar-refractivity contribution < 1.29 is 56.1 Å². The van der Waals surface area contributed by atoms with Gasteiger partial charge in [-0.15, -0.1) is 0 Å². The molecule has 0 fully saturated rings. The number of hydrogen-bond donors (Lipinski definition) is 3. The molecule has 15 heteroatoms. The van der Waals surface area contributed by atoms with Crippen molar-refractivity contribution in [2.24, 2.45) is 17.3 Å². The fraction of sp³-hybridized carbons (Fsp3) is 0.655. The molecule has 0 rings (SSSR count).